The van der Waals surface area contributed by atoms with Crippen molar-refractivity contribution < 1.29 is 22.7 Å². The molecular formula is C26H28N2O5S. The van der Waals surface area contributed by atoms with Gasteiger partial charge in [0, 0.05) is 0 Å². The van der Waals surface area contributed by atoms with Crippen molar-refractivity contribution in [2.45, 2.75) is 25.7 Å². The van der Waals surface area contributed by atoms with Crippen LogP contribution in [0.3, 0.4) is 0 Å². The van der Waals surface area contributed by atoms with Crippen LogP contribution in [-0.2, 0) is 20.6 Å². The largest absolute Gasteiger partial charge is 0.492 e. The lowest BCUT2D eigenvalue weighted by Gasteiger charge is -2.34. The molecule has 0 saturated heterocycles. The highest BCUT2D eigenvalue weighted by atomic mass is 32.2. The van der Waals surface area contributed by atoms with E-state index in [0.717, 1.165) is 11.3 Å². The van der Waals surface area contributed by atoms with Crippen molar-refractivity contribution >= 4 is 21.6 Å². The molecule has 0 saturated carbocycles. The van der Waals surface area contributed by atoms with Gasteiger partial charge in [0.2, 0.25) is 10.0 Å². The maximum Gasteiger partial charge on any atom is 0.263 e. The highest BCUT2D eigenvalue weighted by molar-refractivity contribution is 7.92. The number of aryl methyl sites for hydroxylation is 2. The minimum absolute atomic E-state index is 0.101. The average molecular weight is 481 g/mol. The second-order valence-corrected chi connectivity index (χ2v) is 10.1. The Morgan fingerprint density at radius 1 is 1.03 bits per heavy atom. The number of nitrogens with one attached hydrogen (secondary N) is 1. The maximum absolute atomic E-state index is 13.3. The highest BCUT2D eigenvalue weighted by Crippen LogP contribution is 2.35. The monoisotopic (exact) mass is 480 g/mol. The molecule has 178 valence electrons. The lowest BCUT2D eigenvalue weighted by molar-refractivity contribution is -0.127. The summed E-state index contributed by atoms with van der Waals surface area (Å²) in [6, 6.07) is 21.7. The second kappa shape index (κ2) is 10.2. The van der Waals surface area contributed by atoms with E-state index in [1.807, 2.05) is 38.1 Å². The van der Waals surface area contributed by atoms with Gasteiger partial charge in [-0.1, -0.05) is 48.5 Å². The molecule has 0 fully saturated rings. The summed E-state index contributed by atoms with van der Waals surface area (Å²) in [7, 11) is -3.74. The lowest BCUT2D eigenvalue weighted by atomic mass is 10.1. The third-order valence-electron chi connectivity index (χ3n) is 5.70. The van der Waals surface area contributed by atoms with E-state index < -0.39 is 22.0 Å². The van der Waals surface area contributed by atoms with Crippen LogP contribution >= 0.6 is 0 Å². The van der Waals surface area contributed by atoms with Gasteiger partial charge in [-0.3, -0.25) is 9.10 Å². The standard InChI is InChI=1S/C26H28N2O5S/c1-19-12-13-22(16-20(19)2)32-15-14-27-26(29)25-17-28(23-10-6-7-11-24(23)33-25)34(30,31)18-21-8-4-3-5-9-21/h3-13,16,25H,14-15,17-18H2,1-2H3,(H,27,29). The number of fused-ring (bicyclic) bond motifs is 1. The van der Waals surface area contributed by atoms with Crippen LogP contribution in [-0.4, -0.2) is 40.1 Å². The summed E-state index contributed by atoms with van der Waals surface area (Å²) in [5, 5.41) is 2.79. The number of carbonyl (C=O) groups is 1. The lowest BCUT2D eigenvalue weighted by Crippen LogP contribution is -2.51. The Morgan fingerprint density at radius 2 is 1.76 bits per heavy atom. The number of nitrogens with zero attached hydrogens (tertiary/aromatic N) is 1. The van der Waals surface area contributed by atoms with Crippen molar-refractivity contribution in [3.05, 3.63) is 89.5 Å². The van der Waals surface area contributed by atoms with Gasteiger partial charge in [-0.25, -0.2) is 8.42 Å². The number of amides is 1. The van der Waals surface area contributed by atoms with Gasteiger partial charge < -0.3 is 14.8 Å². The van der Waals surface area contributed by atoms with E-state index in [4.69, 9.17) is 9.47 Å². The molecular weight excluding hydrogens is 452 g/mol. The molecule has 1 aliphatic rings. The zero-order valence-corrected chi connectivity index (χ0v) is 20.0. The number of hydrogen-bond donors (Lipinski definition) is 1. The smallest absolute Gasteiger partial charge is 0.263 e. The topological polar surface area (TPSA) is 84.9 Å². The summed E-state index contributed by atoms with van der Waals surface area (Å²) in [4.78, 5) is 12.8. The molecule has 3 aromatic rings. The second-order valence-electron chi connectivity index (χ2n) is 8.23. The number of sulfonamides is 1. The van der Waals surface area contributed by atoms with Crippen LogP contribution in [0.4, 0.5) is 5.69 Å². The van der Waals surface area contributed by atoms with Crippen molar-refractivity contribution in [2.75, 3.05) is 24.0 Å². The third-order valence-corrected chi connectivity index (χ3v) is 7.42. The Kier molecular flexibility index (Phi) is 7.07. The summed E-state index contributed by atoms with van der Waals surface area (Å²) in [5.74, 6) is 0.536. The Labute approximate surface area is 200 Å². The molecule has 0 radical (unpaired) electrons. The number of hydrogen-bond acceptors (Lipinski definition) is 5. The van der Waals surface area contributed by atoms with Crippen molar-refractivity contribution in [3.63, 3.8) is 0 Å². The van der Waals surface area contributed by atoms with E-state index >= 15 is 0 Å². The summed E-state index contributed by atoms with van der Waals surface area (Å²) in [6.45, 7) is 4.50. The zero-order chi connectivity index (χ0) is 24.1. The van der Waals surface area contributed by atoms with E-state index in [0.29, 0.717) is 17.0 Å². The van der Waals surface area contributed by atoms with Crippen molar-refractivity contribution in [3.8, 4) is 11.5 Å². The van der Waals surface area contributed by atoms with Gasteiger partial charge in [0.15, 0.2) is 6.10 Å². The molecule has 1 atom stereocenters. The van der Waals surface area contributed by atoms with E-state index in [-0.39, 0.29) is 25.4 Å². The molecule has 1 aliphatic heterocycles. The summed E-state index contributed by atoms with van der Waals surface area (Å²) in [5.41, 5.74) is 3.42. The molecule has 34 heavy (non-hydrogen) atoms. The molecule has 0 spiro atoms. The van der Waals surface area contributed by atoms with Gasteiger partial charge in [0.1, 0.15) is 18.1 Å². The Hall–Kier alpha value is -3.52. The SMILES string of the molecule is Cc1ccc(OCCNC(=O)C2CN(S(=O)(=O)Cc3ccccc3)c3ccccc3O2)cc1C. The first kappa shape index (κ1) is 23.6. The number of carbonyl (C=O) groups excluding carboxylic acids is 1. The van der Waals surface area contributed by atoms with Crippen LogP contribution in [0.5, 0.6) is 11.5 Å². The first-order valence-electron chi connectivity index (χ1n) is 11.1. The Balaban J connectivity index is 1.41. The van der Waals surface area contributed by atoms with Gasteiger partial charge >= 0.3 is 0 Å². The van der Waals surface area contributed by atoms with Crippen LogP contribution in [0.15, 0.2) is 72.8 Å². The van der Waals surface area contributed by atoms with Crippen molar-refractivity contribution in [2.24, 2.45) is 0 Å². The van der Waals surface area contributed by atoms with Gasteiger partial charge in [-0.05, 0) is 54.8 Å². The third kappa shape index (κ3) is 5.51. The zero-order valence-electron chi connectivity index (χ0n) is 19.2. The molecule has 0 aromatic heterocycles. The summed E-state index contributed by atoms with van der Waals surface area (Å²) < 4.78 is 39.4. The Morgan fingerprint density at radius 3 is 2.53 bits per heavy atom. The highest BCUT2D eigenvalue weighted by Gasteiger charge is 2.36. The number of rotatable bonds is 8. The molecule has 3 aromatic carbocycles. The molecule has 7 nitrogen and oxygen atoms in total. The first-order valence-corrected chi connectivity index (χ1v) is 12.7. The number of para-hydroxylation sites is 2. The van der Waals surface area contributed by atoms with Crippen LogP contribution < -0.4 is 19.1 Å². The fourth-order valence-corrected chi connectivity index (χ4v) is 5.31. The molecule has 1 heterocycles. The minimum atomic E-state index is -3.74. The van der Waals surface area contributed by atoms with E-state index in [2.05, 4.69) is 5.32 Å². The van der Waals surface area contributed by atoms with Gasteiger partial charge in [0.25, 0.3) is 5.91 Å². The van der Waals surface area contributed by atoms with Crippen LogP contribution in [0.1, 0.15) is 16.7 Å². The summed E-state index contributed by atoms with van der Waals surface area (Å²) >= 11 is 0. The molecule has 1 unspecified atom stereocenters. The van der Waals surface area contributed by atoms with Crippen LogP contribution in [0, 0.1) is 13.8 Å². The average Bonchev–Trinajstić information content (AvgIpc) is 2.83. The van der Waals surface area contributed by atoms with Crippen molar-refractivity contribution in [1.82, 2.24) is 5.32 Å². The number of anilines is 1. The molecule has 4 rings (SSSR count). The van der Waals surface area contributed by atoms with E-state index in [1.54, 1.807) is 48.5 Å². The Bertz CT molecular complexity index is 1260. The van der Waals surface area contributed by atoms with Crippen LogP contribution in [0.25, 0.3) is 0 Å². The number of benzene rings is 3. The minimum Gasteiger partial charge on any atom is -0.492 e. The predicted molar refractivity (Wildman–Crippen MR) is 132 cm³/mol. The van der Waals surface area contributed by atoms with E-state index in [9.17, 15) is 13.2 Å². The molecule has 8 heteroatoms. The number of ether oxygens (including phenoxy) is 2. The van der Waals surface area contributed by atoms with Gasteiger partial charge in [-0.2, -0.15) is 0 Å². The van der Waals surface area contributed by atoms with Crippen molar-refractivity contribution in [1.29, 1.82) is 0 Å². The normalized spacial score (nSPS) is 15.2. The fraction of sp³-hybridized carbons (Fsp3) is 0.269. The first-order chi connectivity index (χ1) is 16.3. The molecule has 1 amide bonds. The quantitative estimate of drug-likeness (QED) is 0.498. The molecule has 0 aliphatic carbocycles. The fourth-order valence-electron chi connectivity index (χ4n) is 3.73. The van der Waals surface area contributed by atoms with Gasteiger partial charge in [-0.15, -0.1) is 0 Å². The molecule has 1 N–H and O–H groups in total. The maximum atomic E-state index is 13.3. The molecule has 0 bridgehead atoms. The van der Waals surface area contributed by atoms with Crippen LogP contribution in [0.2, 0.25) is 0 Å². The van der Waals surface area contributed by atoms with Gasteiger partial charge in [0.05, 0.1) is 24.5 Å². The van der Waals surface area contributed by atoms with E-state index in [1.165, 1.54) is 9.87 Å². The summed E-state index contributed by atoms with van der Waals surface area (Å²) in [6.07, 6.45) is -0.970. The predicted octanol–water partition coefficient (Wildman–Crippen LogP) is 3.60.